The van der Waals surface area contributed by atoms with Gasteiger partial charge in [-0.05, 0) is 38.5 Å². The molecule has 9 heteroatoms. The first kappa shape index (κ1) is 24.5. The zero-order valence-electron chi connectivity index (χ0n) is 15.3. The second kappa shape index (κ2) is 10.6. The summed E-state index contributed by atoms with van der Waals surface area (Å²) in [5.41, 5.74) is -0.891. The number of aliphatic imine (C=N–C) groups is 1. The number of guanidine groups is 1. The normalized spacial score (nSPS) is 12.2. The minimum Gasteiger partial charge on any atom is -0.359 e. The molecule has 0 aliphatic rings. The number of halogens is 4. The van der Waals surface area contributed by atoms with Gasteiger partial charge in [0, 0.05) is 20.1 Å². The molecule has 148 valence electrons. The second-order valence-electron chi connectivity index (χ2n) is 6.21. The van der Waals surface area contributed by atoms with Gasteiger partial charge in [-0.15, -0.1) is 24.0 Å². The maximum atomic E-state index is 12.8. The highest BCUT2D eigenvalue weighted by Gasteiger charge is 2.30. The summed E-state index contributed by atoms with van der Waals surface area (Å²) in [6.45, 7) is 6.48. The molecule has 0 fully saturated rings. The van der Waals surface area contributed by atoms with E-state index in [-0.39, 0.29) is 36.4 Å². The molecular weight excluding hydrogens is 460 g/mol. The lowest BCUT2D eigenvalue weighted by atomic mass is 9.92. The van der Waals surface area contributed by atoms with Crippen LogP contribution in [-0.2, 0) is 17.5 Å². The molecule has 0 aliphatic heterocycles. The molecule has 26 heavy (non-hydrogen) atoms. The lowest BCUT2D eigenvalue weighted by Crippen LogP contribution is -2.47. The van der Waals surface area contributed by atoms with Crippen molar-refractivity contribution < 1.29 is 18.0 Å². The van der Waals surface area contributed by atoms with Crippen LogP contribution in [0.5, 0.6) is 0 Å². The van der Waals surface area contributed by atoms with Crippen LogP contribution in [0.2, 0.25) is 0 Å². The van der Waals surface area contributed by atoms with Crippen LogP contribution in [0.4, 0.5) is 13.2 Å². The van der Waals surface area contributed by atoms with E-state index < -0.39 is 17.2 Å². The fourth-order valence-corrected chi connectivity index (χ4v) is 2.08. The van der Waals surface area contributed by atoms with Crippen molar-refractivity contribution in [3.05, 3.63) is 35.4 Å². The van der Waals surface area contributed by atoms with E-state index in [4.69, 9.17) is 0 Å². The summed E-state index contributed by atoms with van der Waals surface area (Å²) in [6.07, 6.45) is -4.37. The first-order valence-corrected chi connectivity index (χ1v) is 8.00. The van der Waals surface area contributed by atoms with Crippen molar-refractivity contribution in [3.63, 3.8) is 0 Å². The number of nitrogens with one attached hydrogen (secondary N) is 3. The Kier molecular flexibility index (Phi) is 9.97. The van der Waals surface area contributed by atoms with Gasteiger partial charge >= 0.3 is 6.18 Å². The zero-order valence-corrected chi connectivity index (χ0v) is 17.7. The van der Waals surface area contributed by atoms with Gasteiger partial charge < -0.3 is 16.0 Å². The Bertz CT molecular complexity index is 618. The Balaban J connectivity index is 0.00000625. The molecule has 1 amide bonds. The number of nitrogens with zero attached hydrogens (tertiary/aromatic N) is 1. The van der Waals surface area contributed by atoms with E-state index in [2.05, 4.69) is 20.9 Å². The average molecular weight is 486 g/mol. The molecule has 1 aromatic carbocycles. The van der Waals surface area contributed by atoms with Gasteiger partial charge in [-0.3, -0.25) is 4.79 Å². The molecule has 3 N–H and O–H groups in total. The third-order valence-corrected chi connectivity index (χ3v) is 3.56. The molecule has 0 atom stereocenters. The summed E-state index contributed by atoms with van der Waals surface area (Å²) in [6, 6.07) is 5.07. The number of hydrogen-bond acceptors (Lipinski definition) is 2. The van der Waals surface area contributed by atoms with Crippen molar-refractivity contribution in [3.8, 4) is 0 Å². The molecule has 0 spiro atoms. The standard InChI is InChI=1S/C17H25F3N4O.HI/c1-5-22-15(24-11-16(2,3)14(25)21-4)23-10-12-7-6-8-13(9-12)17(18,19)20;/h6-9H,5,10-11H2,1-4H3,(H,21,25)(H2,22,23,24);1H. The first-order chi connectivity index (χ1) is 11.6. The number of carbonyl (C=O) groups excluding carboxylic acids is 1. The summed E-state index contributed by atoms with van der Waals surface area (Å²) in [7, 11) is 1.57. The van der Waals surface area contributed by atoms with Crippen LogP contribution in [0, 0.1) is 5.41 Å². The molecule has 0 aliphatic carbocycles. The maximum Gasteiger partial charge on any atom is 0.416 e. The number of carbonyl (C=O) groups is 1. The molecule has 0 aromatic heterocycles. The molecule has 0 saturated heterocycles. The van der Waals surface area contributed by atoms with Gasteiger partial charge in [0.25, 0.3) is 0 Å². The van der Waals surface area contributed by atoms with Gasteiger partial charge in [-0.25, -0.2) is 4.99 Å². The largest absolute Gasteiger partial charge is 0.416 e. The van der Waals surface area contributed by atoms with E-state index in [0.29, 0.717) is 24.6 Å². The molecule has 0 bridgehead atoms. The van der Waals surface area contributed by atoms with Crippen LogP contribution < -0.4 is 16.0 Å². The Labute approximate surface area is 169 Å². The van der Waals surface area contributed by atoms with E-state index >= 15 is 0 Å². The quantitative estimate of drug-likeness (QED) is 0.329. The second-order valence-corrected chi connectivity index (χ2v) is 6.21. The van der Waals surface area contributed by atoms with E-state index in [1.54, 1.807) is 27.0 Å². The number of alkyl halides is 3. The van der Waals surface area contributed by atoms with E-state index in [1.807, 2.05) is 6.92 Å². The monoisotopic (exact) mass is 486 g/mol. The maximum absolute atomic E-state index is 12.8. The Morgan fingerprint density at radius 3 is 2.38 bits per heavy atom. The zero-order chi connectivity index (χ0) is 19.1. The number of rotatable bonds is 6. The Morgan fingerprint density at radius 1 is 1.19 bits per heavy atom. The van der Waals surface area contributed by atoms with E-state index in [0.717, 1.165) is 12.1 Å². The van der Waals surface area contributed by atoms with Crippen molar-refractivity contribution in [2.75, 3.05) is 20.1 Å². The summed E-state index contributed by atoms with van der Waals surface area (Å²) >= 11 is 0. The molecule has 0 radical (unpaired) electrons. The van der Waals surface area contributed by atoms with Gasteiger partial charge in [0.05, 0.1) is 17.5 Å². The minimum absolute atomic E-state index is 0. The van der Waals surface area contributed by atoms with Gasteiger partial charge in [-0.1, -0.05) is 12.1 Å². The molecular formula is C17H26F3IN4O. The van der Waals surface area contributed by atoms with Crippen molar-refractivity contribution in [1.29, 1.82) is 0 Å². The lowest BCUT2D eigenvalue weighted by Gasteiger charge is -2.24. The van der Waals surface area contributed by atoms with Crippen molar-refractivity contribution >= 4 is 35.8 Å². The molecule has 0 saturated carbocycles. The number of amides is 1. The molecule has 1 rings (SSSR count). The van der Waals surface area contributed by atoms with Crippen molar-refractivity contribution in [1.82, 2.24) is 16.0 Å². The number of hydrogen-bond donors (Lipinski definition) is 3. The van der Waals surface area contributed by atoms with Crippen LogP contribution >= 0.6 is 24.0 Å². The topological polar surface area (TPSA) is 65.5 Å². The molecule has 5 nitrogen and oxygen atoms in total. The highest BCUT2D eigenvalue weighted by atomic mass is 127. The fraction of sp³-hybridized carbons (Fsp3) is 0.529. The van der Waals surface area contributed by atoms with Crippen molar-refractivity contribution in [2.24, 2.45) is 10.4 Å². The smallest absolute Gasteiger partial charge is 0.359 e. The highest BCUT2D eigenvalue weighted by molar-refractivity contribution is 14.0. The molecule has 0 heterocycles. The van der Waals surface area contributed by atoms with Gasteiger partial charge in [0.2, 0.25) is 5.91 Å². The number of benzene rings is 1. The lowest BCUT2D eigenvalue weighted by molar-refractivity contribution is -0.137. The molecule has 1 aromatic rings. The van der Waals surface area contributed by atoms with E-state index in [9.17, 15) is 18.0 Å². The fourth-order valence-electron chi connectivity index (χ4n) is 2.08. The summed E-state index contributed by atoms with van der Waals surface area (Å²) in [5.74, 6) is 0.325. The van der Waals surface area contributed by atoms with Gasteiger partial charge in [0.15, 0.2) is 5.96 Å². The third kappa shape index (κ3) is 7.79. The van der Waals surface area contributed by atoms with E-state index in [1.165, 1.54) is 6.07 Å². The van der Waals surface area contributed by atoms with Crippen LogP contribution in [0.3, 0.4) is 0 Å². The van der Waals surface area contributed by atoms with Crippen LogP contribution in [-0.4, -0.2) is 32.0 Å². The SMILES string of the molecule is CCNC(=NCc1cccc(C(F)(F)F)c1)NCC(C)(C)C(=O)NC.I. The predicted octanol–water partition coefficient (Wildman–Crippen LogP) is 3.15. The van der Waals surface area contributed by atoms with Crippen LogP contribution in [0.25, 0.3) is 0 Å². The summed E-state index contributed by atoms with van der Waals surface area (Å²) in [5, 5.41) is 8.65. The van der Waals surface area contributed by atoms with Gasteiger partial charge in [-0.2, -0.15) is 13.2 Å². The Hall–Kier alpha value is -1.52. The highest BCUT2D eigenvalue weighted by Crippen LogP contribution is 2.29. The van der Waals surface area contributed by atoms with Gasteiger partial charge in [0.1, 0.15) is 0 Å². The molecule has 0 unspecified atom stereocenters. The minimum atomic E-state index is -4.37. The van der Waals surface area contributed by atoms with Crippen LogP contribution in [0.1, 0.15) is 31.9 Å². The summed E-state index contributed by atoms with van der Waals surface area (Å²) < 4.78 is 38.3. The average Bonchev–Trinajstić information content (AvgIpc) is 2.56. The third-order valence-electron chi connectivity index (χ3n) is 3.56. The Morgan fingerprint density at radius 2 is 1.85 bits per heavy atom. The van der Waals surface area contributed by atoms with Crippen LogP contribution in [0.15, 0.2) is 29.3 Å². The summed E-state index contributed by atoms with van der Waals surface area (Å²) in [4.78, 5) is 16.1. The first-order valence-electron chi connectivity index (χ1n) is 8.00. The van der Waals surface area contributed by atoms with Crippen molar-refractivity contribution in [2.45, 2.75) is 33.5 Å². The predicted molar refractivity (Wildman–Crippen MR) is 108 cm³/mol.